The fourth-order valence-electron chi connectivity index (χ4n) is 2.16. The molecule has 8 heteroatoms. The lowest BCUT2D eigenvalue weighted by molar-refractivity contribution is -0.139. The van der Waals surface area contributed by atoms with E-state index in [2.05, 4.69) is 10.6 Å². The number of rotatable bonds is 6. The van der Waals surface area contributed by atoms with Crippen LogP contribution in [-0.4, -0.2) is 34.8 Å². The van der Waals surface area contributed by atoms with Crippen molar-refractivity contribution in [3.05, 3.63) is 29.3 Å². The molecule has 116 valence electrons. The quantitative estimate of drug-likeness (QED) is 0.568. The Labute approximate surface area is 125 Å². The summed E-state index contributed by atoms with van der Waals surface area (Å²) < 4.78 is 0. The van der Waals surface area contributed by atoms with Crippen LogP contribution in [-0.2, 0) is 20.8 Å². The topological polar surface area (TPSA) is 139 Å². The van der Waals surface area contributed by atoms with Crippen molar-refractivity contribution in [3.63, 3.8) is 0 Å². The van der Waals surface area contributed by atoms with E-state index in [1.165, 1.54) is 12.1 Å². The summed E-state index contributed by atoms with van der Waals surface area (Å²) in [5.74, 6) is -2.62. The van der Waals surface area contributed by atoms with Crippen LogP contribution in [0.3, 0.4) is 0 Å². The van der Waals surface area contributed by atoms with Crippen molar-refractivity contribution in [2.24, 2.45) is 5.73 Å². The molecule has 1 atom stereocenters. The van der Waals surface area contributed by atoms with Gasteiger partial charge in [0.15, 0.2) is 0 Å². The Bertz CT molecular complexity index is 656. The first-order chi connectivity index (χ1) is 10.4. The number of carboxylic acids is 1. The monoisotopic (exact) mass is 305 g/mol. The fraction of sp³-hybridized carbons (Fsp3) is 0.286. The van der Waals surface area contributed by atoms with E-state index in [4.69, 9.17) is 10.8 Å². The van der Waals surface area contributed by atoms with Crippen molar-refractivity contribution in [1.29, 1.82) is 0 Å². The van der Waals surface area contributed by atoms with E-state index in [0.717, 1.165) is 0 Å². The first kappa shape index (κ1) is 15.5. The van der Waals surface area contributed by atoms with Crippen molar-refractivity contribution in [3.8, 4) is 0 Å². The molecule has 0 radical (unpaired) electrons. The Balaban J connectivity index is 2.07. The third-order valence-electron chi connectivity index (χ3n) is 3.28. The second-order valence-corrected chi connectivity index (χ2v) is 4.97. The van der Waals surface area contributed by atoms with Crippen molar-refractivity contribution in [2.45, 2.75) is 25.3 Å². The van der Waals surface area contributed by atoms with E-state index in [1.54, 1.807) is 6.07 Å². The van der Waals surface area contributed by atoms with Gasteiger partial charge in [0.05, 0.1) is 6.42 Å². The van der Waals surface area contributed by atoms with Crippen LogP contribution < -0.4 is 16.4 Å². The highest BCUT2D eigenvalue weighted by Crippen LogP contribution is 2.23. The summed E-state index contributed by atoms with van der Waals surface area (Å²) in [6, 6.07) is 3.42. The second kappa shape index (κ2) is 6.25. The maximum absolute atomic E-state index is 12.1. The van der Waals surface area contributed by atoms with Crippen LogP contribution >= 0.6 is 0 Å². The van der Waals surface area contributed by atoms with E-state index in [-0.39, 0.29) is 30.7 Å². The van der Waals surface area contributed by atoms with Gasteiger partial charge in [0.1, 0.15) is 6.04 Å². The maximum atomic E-state index is 12.1. The van der Waals surface area contributed by atoms with Gasteiger partial charge in [0.25, 0.3) is 5.91 Å². The molecule has 0 aliphatic carbocycles. The van der Waals surface area contributed by atoms with Crippen LogP contribution in [0.15, 0.2) is 18.2 Å². The molecule has 5 N–H and O–H groups in total. The normalized spacial score (nSPS) is 13.9. The number of anilines is 1. The highest BCUT2D eigenvalue weighted by Gasteiger charge is 2.23. The van der Waals surface area contributed by atoms with E-state index in [9.17, 15) is 19.2 Å². The van der Waals surface area contributed by atoms with Gasteiger partial charge >= 0.3 is 5.97 Å². The Kier molecular flexibility index (Phi) is 4.40. The minimum absolute atomic E-state index is 0.0820. The van der Waals surface area contributed by atoms with Gasteiger partial charge in [0.2, 0.25) is 11.8 Å². The summed E-state index contributed by atoms with van der Waals surface area (Å²) in [6.45, 7) is 0. The fourth-order valence-corrected chi connectivity index (χ4v) is 2.16. The standard InChI is InChI=1S/C14H15N3O5/c15-11(18)4-3-10(14(21)22)17-13(20)7-1-2-9-8(5-7)6-12(19)16-9/h1-2,5,10H,3-4,6H2,(H2,15,18)(H,16,19)(H,17,20)(H,21,22). The lowest BCUT2D eigenvalue weighted by Gasteiger charge is -2.14. The van der Waals surface area contributed by atoms with Crippen molar-refractivity contribution >= 4 is 29.4 Å². The Morgan fingerprint density at radius 2 is 2.09 bits per heavy atom. The Morgan fingerprint density at radius 3 is 2.73 bits per heavy atom. The number of hydrogen-bond donors (Lipinski definition) is 4. The van der Waals surface area contributed by atoms with Crippen molar-refractivity contribution in [2.75, 3.05) is 5.32 Å². The predicted molar refractivity (Wildman–Crippen MR) is 76.1 cm³/mol. The Hall–Kier alpha value is -2.90. The van der Waals surface area contributed by atoms with E-state index in [1.807, 2.05) is 0 Å². The number of nitrogens with one attached hydrogen (secondary N) is 2. The number of nitrogens with two attached hydrogens (primary N) is 1. The molecule has 1 aromatic carbocycles. The number of carbonyl (C=O) groups excluding carboxylic acids is 3. The smallest absolute Gasteiger partial charge is 0.326 e. The summed E-state index contributed by atoms with van der Waals surface area (Å²) >= 11 is 0. The molecule has 0 aromatic heterocycles. The van der Waals surface area contributed by atoms with Crippen LogP contribution in [0.5, 0.6) is 0 Å². The predicted octanol–water partition coefficient (Wildman–Crippen LogP) is -0.370. The average Bonchev–Trinajstić information content (AvgIpc) is 2.81. The van der Waals surface area contributed by atoms with E-state index >= 15 is 0 Å². The van der Waals surface area contributed by atoms with Crippen molar-refractivity contribution < 1.29 is 24.3 Å². The van der Waals surface area contributed by atoms with Gasteiger partial charge in [-0.25, -0.2) is 4.79 Å². The highest BCUT2D eigenvalue weighted by molar-refractivity contribution is 6.02. The largest absolute Gasteiger partial charge is 0.480 e. The molecule has 3 amide bonds. The summed E-state index contributed by atoms with van der Waals surface area (Å²) in [4.78, 5) is 45.2. The second-order valence-electron chi connectivity index (χ2n) is 4.97. The molecular weight excluding hydrogens is 290 g/mol. The maximum Gasteiger partial charge on any atom is 0.326 e. The molecular formula is C14H15N3O5. The zero-order valence-corrected chi connectivity index (χ0v) is 11.6. The lowest BCUT2D eigenvalue weighted by atomic mass is 10.1. The molecule has 1 aliphatic rings. The van der Waals surface area contributed by atoms with E-state index in [0.29, 0.717) is 11.3 Å². The molecule has 1 aromatic rings. The van der Waals surface area contributed by atoms with Gasteiger partial charge in [-0.15, -0.1) is 0 Å². The minimum atomic E-state index is -1.24. The molecule has 0 spiro atoms. The molecule has 8 nitrogen and oxygen atoms in total. The number of amides is 3. The number of carbonyl (C=O) groups is 4. The third-order valence-corrected chi connectivity index (χ3v) is 3.28. The lowest BCUT2D eigenvalue weighted by Crippen LogP contribution is -2.41. The number of benzene rings is 1. The molecule has 1 unspecified atom stereocenters. The summed E-state index contributed by atoms with van der Waals surface area (Å²) in [7, 11) is 0. The van der Waals surface area contributed by atoms with Gasteiger partial charge in [-0.05, 0) is 30.2 Å². The number of carboxylic acid groups (broad SMARTS) is 1. The number of hydrogen-bond acceptors (Lipinski definition) is 4. The Morgan fingerprint density at radius 1 is 1.36 bits per heavy atom. The van der Waals surface area contributed by atoms with Gasteiger partial charge in [-0.2, -0.15) is 0 Å². The molecule has 2 rings (SSSR count). The minimum Gasteiger partial charge on any atom is -0.480 e. The zero-order valence-electron chi connectivity index (χ0n) is 11.6. The molecule has 0 fully saturated rings. The SMILES string of the molecule is NC(=O)CCC(NC(=O)c1ccc2c(c1)CC(=O)N2)C(=O)O. The van der Waals surface area contributed by atoms with Gasteiger partial charge in [-0.3, -0.25) is 14.4 Å². The van der Waals surface area contributed by atoms with E-state index < -0.39 is 23.8 Å². The average molecular weight is 305 g/mol. The van der Waals surface area contributed by atoms with Gasteiger partial charge in [0, 0.05) is 17.7 Å². The number of fused-ring (bicyclic) bond motifs is 1. The van der Waals surface area contributed by atoms with Crippen LogP contribution in [0.4, 0.5) is 5.69 Å². The first-order valence-corrected chi connectivity index (χ1v) is 6.61. The van der Waals surface area contributed by atoms with Crippen LogP contribution in [0.2, 0.25) is 0 Å². The summed E-state index contributed by atoms with van der Waals surface area (Å²) in [5.41, 5.74) is 6.55. The molecule has 1 heterocycles. The van der Waals surface area contributed by atoms with Crippen LogP contribution in [0, 0.1) is 0 Å². The van der Waals surface area contributed by atoms with Gasteiger partial charge in [-0.1, -0.05) is 0 Å². The summed E-state index contributed by atoms with van der Waals surface area (Å²) in [6.07, 6.45) is -0.0399. The molecule has 22 heavy (non-hydrogen) atoms. The summed E-state index contributed by atoms with van der Waals surface area (Å²) in [5, 5.41) is 14.0. The highest BCUT2D eigenvalue weighted by atomic mass is 16.4. The molecule has 0 saturated carbocycles. The van der Waals surface area contributed by atoms with Crippen LogP contribution in [0.25, 0.3) is 0 Å². The molecule has 0 bridgehead atoms. The van der Waals surface area contributed by atoms with Gasteiger partial charge < -0.3 is 21.5 Å². The van der Waals surface area contributed by atoms with Crippen molar-refractivity contribution in [1.82, 2.24) is 5.32 Å². The molecule has 0 saturated heterocycles. The zero-order chi connectivity index (χ0) is 16.3. The molecule has 1 aliphatic heterocycles. The number of aliphatic carboxylic acids is 1. The van der Waals surface area contributed by atoms with Crippen LogP contribution in [0.1, 0.15) is 28.8 Å². The first-order valence-electron chi connectivity index (χ1n) is 6.61. The third kappa shape index (κ3) is 3.60. The number of primary amides is 1.